The van der Waals surface area contributed by atoms with Crippen molar-refractivity contribution in [1.29, 1.82) is 0 Å². The average molecular weight is 467 g/mol. The van der Waals surface area contributed by atoms with Crippen LogP contribution in [0.5, 0.6) is 0 Å². The molecule has 0 spiro atoms. The zero-order valence-corrected chi connectivity index (χ0v) is 17.3. The Morgan fingerprint density at radius 2 is 1.93 bits per heavy atom. The largest absolute Gasteiger partial charge is 0.512 e. The SMILES string of the molecule is CC1(COC(O)CC23CCC(CC2OS(=O)(=O)NS(=O)(=O)C(F)(F)F)C3)COC1. The van der Waals surface area contributed by atoms with Crippen LogP contribution in [-0.2, 0) is 34.0 Å². The standard InChI is InChI=1S/C15H24F3NO8S2/c1-13(7-25-8-13)9-26-12(20)6-14-3-2-10(5-14)4-11(14)27-29(23,24)19-28(21,22)15(16,17)18/h10-12,19-20H,2-9H2,1H3. The minimum absolute atomic E-state index is 0.0344. The van der Waals surface area contributed by atoms with Gasteiger partial charge in [-0.1, -0.05) is 11.1 Å². The number of sulfonamides is 1. The zero-order valence-electron chi connectivity index (χ0n) is 15.6. The number of hydrogen-bond donors (Lipinski definition) is 2. The van der Waals surface area contributed by atoms with E-state index in [1.165, 1.54) is 0 Å². The fourth-order valence-electron chi connectivity index (χ4n) is 4.37. The summed E-state index contributed by atoms with van der Waals surface area (Å²) in [5, 5.41) is 10.3. The van der Waals surface area contributed by atoms with Gasteiger partial charge in [-0.2, -0.15) is 21.6 Å². The molecule has 1 heterocycles. The Morgan fingerprint density at radius 3 is 2.45 bits per heavy atom. The summed E-state index contributed by atoms with van der Waals surface area (Å²) >= 11 is 0. The first kappa shape index (κ1) is 23.2. The molecule has 2 N–H and O–H groups in total. The second-order valence-corrected chi connectivity index (χ2v) is 11.8. The first-order valence-corrected chi connectivity index (χ1v) is 12.0. The molecule has 0 amide bonds. The van der Waals surface area contributed by atoms with Crippen LogP contribution < -0.4 is 4.13 Å². The van der Waals surface area contributed by atoms with E-state index in [2.05, 4.69) is 0 Å². The number of aliphatic hydroxyl groups is 1. The molecular weight excluding hydrogens is 443 g/mol. The molecule has 4 atom stereocenters. The number of halogens is 3. The third kappa shape index (κ3) is 5.05. The molecule has 2 saturated carbocycles. The van der Waals surface area contributed by atoms with Gasteiger partial charge < -0.3 is 14.6 Å². The molecule has 170 valence electrons. The number of nitrogens with one attached hydrogen (secondary N) is 1. The molecule has 4 unspecified atom stereocenters. The van der Waals surface area contributed by atoms with Crippen molar-refractivity contribution in [2.24, 2.45) is 16.7 Å². The van der Waals surface area contributed by atoms with E-state index in [4.69, 9.17) is 13.7 Å². The Kier molecular flexibility index (Phi) is 6.04. The van der Waals surface area contributed by atoms with Crippen LogP contribution in [0, 0.1) is 16.7 Å². The van der Waals surface area contributed by atoms with E-state index >= 15 is 0 Å². The Morgan fingerprint density at radius 1 is 1.28 bits per heavy atom. The number of alkyl halides is 3. The highest BCUT2D eigenvalue weighted by Crippen LogP contribution is 2.58. The predicted octanol–water partition coefficient (Wildman–Crippen LogP) is 1.01. The Labute approximate surface area is 167 Å². The molecule has 3 aliphatic rings. The molecule has 1 aliphatic heterocycles. The lowest BCUT2D eigenvalue weighted by Crippen LogP contribution is -2.46. The molecule has 3 fully saturated rings. The van der Waals surface area contributed by atoms with Crippen LogP contribution in [-0.4, -0.2) is 59.7 Å². The Bertz CT molecular complexity index is 827. The summed E-state index contributed by atoms with van der Waals surface area (Å²) in [6.07, 6.45) is -0.234. The fourth-order valence-corrected chi connectivity index (χ4v) is 6.57. The third-order valence-electron chi connectivity index (χ3n) is 5.84. The summed E-state index contributed by atoms with van der Waals surface area (Å²) in [5.41, 5.74) is -6.82. The van der Waals surface area contributed by atoms with Crippen molar-refractivity contribution in [3.05, 3.63) is 0 Å². The van der Waals surface area contributed by atoms with Crippen LogP contribution in [0.1, 0.15) is 39.0 Å². The maximum absolute atomic E-state index is 12.5. The second kappa shape index (κ2) is 7.57. The first-order chi connectivity index (χ1) is 13.2. The van der Waals surface area contributed by atoms with Crippen molar-refractivity contribution in [3.8, 4) is 0 Å². The normalized spacial score (nSPS) is 32.9. The van der Waals surface area contributed by atoms with Crippen molar-refractivity contribution in [1.82, 2.24) is 4.13 Å². The van der Waals surface area contributed by atoms with Crippen molar-refractivity contribution in [2.45, 2.75) is 56.9 Å². The van der Waals surface area contributed by atoms with E-state index < -0.39 is 43.6 Å². The topological polar surface area (TPSA) is 128 Å². The predicted molar refractivity (Wildman–Crippen MR) is 91.8 cm³/mol. The molecule has 2 aliphatic carbocycles. The van der Waals surface area contributed by atoms with E-state index in [9.17, 15) is 35.1 Å². The van der Waals surface area contributed by atoms with Gasteiger partial charge in [0.1, 0.15) is 0 Å². The number of ether oxygens (including phenoxy) is 2. The molecule has 2 bridgehead atoms. The summed E-state index contributed by atoms with van der Waals surface area (Å²) in [7, 11) is -11.4. The van der Waals surface area contributed by atoms with E-state index in [1.54, 1.807) is 0 Å². The monoisotopic (exact) mass is 467 g/mol. The van der Waals surface area contributed by atoms with Gasteiger partial charge in [-0.3, -0.25) is 4.18 Å². The minimum Gasteiger partial charge on any atom is -0.380 e. The van der Waals surface area contributed by atoms with E-state index in [-0.39, 0.29) is 30.8 Å². The summed E-state index contributed by atoms with van der Waals surface area (Å²) in [6, 6.07) is 0. The van der Waals surface area contributed by atoms with Crippen molar-refractivity contribution in [3.63, 3.8) is 0 Å². The van der Waals surface area contributed by atoms with Crippen molar-refractivity contribution < 1.29 is 48.8 Å². The number of rotatable bonds is 9. The molecule has 1 saturated heterocycles. The van der Waals surface area contributed by atoms with E-state index in [1.807, 2.05) is 6.92 Å². The molecule has 9 nitrogen and oxygen atoms in total. The van der Waals surface area contributed by atoms with Gasteiger partial charge >= 0.3 is 25.8 Å². The number of aliphatic hydroxyl groups excluding tert-OH is 1. The van der Waals surface area contributed by atoms with Crippen LogP contribution in [0.4, 0.5) is 13.2 Å². The summed E-state index contributed by atoms with van der Waals surface area (Å²) < 4.78 is 99.5. The first-order valence-electron chi connectivity index (χ1n) is 9.06. The van der Waals surface area contributed by atoms with E-state index in [0.717, 1.165) is 6.42 Å². The molecular formula is C15H24F3NO8S2. The molecule has 14 heteroatoms. The smallest absolute Gasteiger partial charge is 0.380 e. The van der Waals surface area contributed by atoms with Crippen LogP contribution in [0.3, 0.4) is 0 Å². The van der Waals surface area contributed by atoms with Gasteiger partial charge in [0.2, 0.25) is 0 Å². The lowest BCUT2D eigenvalue weighted by atomic mass is 9.78. The Hall–Kier alpha value is -0.510. The van der Waals surface area contributed by atoms with Crippen molar-refractivity contribution in [2.75, 3.05) is 19.8 Å². The highest BCUT2D eigenvalue weighted by molar-refractivity contribution is 8.03. The van der Waals surface area contributed by atoms with Crippen LogP contribution in [0.2, 0.25) is 0 Å². The van der Waals surface area contributed by atoms with Gasteiger partial charge in [-0.25, -0.2) is 8.42 Å². The summed E-state index contributed by atoms with van der Waals surface area (Å²) in [5.74, 6) is 0.0826. The summed E-state index contributed by atoms with van der Waals surface area (Å²) in [6.45, 7) is 3.16. The third-order valence-corrected chi connectivity index (χ3v) is 8.63. The number of fused-ring (bicyclic) bond motifs is 2. The quantitative estimate of drug-likeness (QED) is 0.481. The van der Waals surface area contributed by atoms with Gasteiger partial charge in [0, 0.05) is 17.3 Å². The second-order valence-electron chi connectivity index (χ2n) is 8.55. The van der Waals surface area contributed by atoms with Crippen LogP contribution in [0.25, 0.3) is 0 Å². The van der Waals surface area contributed by atoms with Crippen LogP contribution in [0.15, 0.2) is 0 Å². The van der Waals surface area contributed by atoms with Gasteiger partial charge in [0.15, 0.2) is 6.29 Å². The maximum Gasteiger partial charge on any atom is 0.512 e. The lowest BCUT2D eigenvalue weighted by molar-refractivity contribution is -0.196. The Balaban J connectivity index is 1.64. The molecule has 0 radical (unpaired) electrons. The molecule has 3 rings (SSSR count). The lowest BCUT2D eigenvalue weighted by Gasteiger charge is -2.39. The maximum atomic E-state index is 12.5. The van der Waals surface area contributed by atoms with Crippen LogP contribution >= 0.6 is 0 Å². The van der Waals surface area contributed by atoms with Gasteiger partial charge in [-0.05, 0) is 31.6 Å². The fraction of sp³-hybridized carbons (Fsp3) is 1.00. The molecule has 0 aromatic carbocycles. The highest BCUT2D eigenvalue weighted by atomic mass is 32.3. The van der Waals surface area contributed by atoms with Gasteiger partial charge in [-0.15, -0.1) is 0 Å². The molecule has 0 aromatic heterocycles. The van der Waals surface area contributed by atoms with Gasteiger partial charge in [0.25, 0.3) is 0 Å². The molecule has 29 heavy (non-hydrogen) atoms. The number of hydrogen-bond acceptors (Lipinski definition) is 8. The zero-order chi connectivity index (χ0) is 21.7. The average Bonchev–Trinajstić information content (AvgIpc) is 3.05. The van der Waals surface area contributed by atoms with Crippen molar-refractivity contribution >= 4 is 20.3 Å². The highest BCUT2D eigenvalue weighted by Gasteiger charge is 2.56. The molecule has 0 aromatic rings. The van der Waals surface area contributed by atoms with E-state index in [0.29, 0.717) is 30.2 Å². The minimum atomic E-state index is -6.12. The summed E-state index contributed by atoms with van der Waals surface area (Å²) in [4.78, 5) is 0. The van der Waals surface area contributed by atoms with Gasteiger partial charge in [0.05, 0.1) is 25.9 Å².